The van der Waals surface area contributed by atoms with E-state index < -0.39 is 11.6 Å². The Bertz CT molecular complexity index is 1680. The Morgan fingerprint density at radius 3 is 2.73 bits per heavy atom. The van der Waals surface area contributed by atoms with E-state index in [1.165, 1.54) is 25.3 Å². The van der Waals surface area contributed by atoms with Crippen LogP contribution in [-0.2, 0) is 17.7 Å². The quantitative estimate of drug-likeness (QED) is 0.302. The number of aromatic nitrogens is 3. The Hall–Kier alpha value is -4.09. The standard InChI is InChI=1S/C30H32F2N6O3/c1-17-11-21(31)13-19(27(17)32)12-18(2)34-23-3-4-33-29(39)26(23)28-35-24-14-20-16-38(6-5-37-7-9-41-10-8-37)30(40)22(20)15-25(24)36-28/h3-4,11,13-15,18H,5-10,12,16H2,1-2H3,(H,35,36)(H2,33,34,39)/t18-/m0/s1. The molecule has 0 unspecified atom stereocenters. The number of nitrogens with one attached hydrogen (secondary N) is 3. The van der Waals surface area contributed by atoms with Gasteiger partial charge in [-0.3, -0.25) is 14.5 Å². The van der Waals surface area contributed by atoms with Crippen LogP contribution in [0.15, 0.2) is 41.3 Å². The number of morpholine rings is 1. The van der Waals surface area contributed by atoms with Gasteiger partial charge < -0.3 is 24.9 Å². The van der Waals surface area contributed by atoms with Crippen LogP contribution in [0.3, 0.4) is 0 Å². The zero-order chi connectivity index (χ0) is 28.7. The predicted octanol–water partition coefficient (Wildman–Crippen LogP) is 3.84. The van der Waals surface area contributed by atoms with Gasteiger partial charge in [0, 0.05) is 50.5 Å². The van der Waals surface area contributed by atoms with Gasteiger partial charge in [-0.15, -0.1) is 0 Å². The van der Waals surface area contributed by atoms with E-state index in [1.807, 2.05) is 17.9 Å². The molecule has 0 saturated carbocycles. The van der Waals surface area contributed by atoms with Gasteiger partial charge in [-0.1, -0.05) is 0 Å². The van der Waals surface area contributed by atoms with E-state index in [1.54, 1.807) is 12.1 Å². The number of fused-ring (bicyclic) bond motifs is 2. The fourth-order valence-electron chi connectivity index (χ4n) is 5.69. The molecule has 4 aromatic rings. The number of hydrogen-bond acceptors (Lipinski definition) is 6. The topological polar surface area (TPSA) is 106 Å². The van der Waals surface area contributed by atoms with Crippen molar-refractivity contribution in [3.8, 4) is 11.4 Å². The number of carbonyl (C=O) groups is 1. The third kappa shape index (κ3) is 5.47. The summed E-state index contributed by atoms with van der Waals surface area (Å²) in [6, 6.07) is 7.46. The number of benzene rings is 2. The van der Waals surface area contributed by atoms with Crippen LogP contribution in [0.4, 0.5) is 14.5 Å². The summed E-state index contributed by atoms with van der Waals surface area (Å²) >= 11 is 0. The van der Waals surface area contributed by atoms with Gasteiger partial charge in [0.05, 0.1) is 29.9 Å². The predicted molar refractivity (Wildman–Crippen MR) is 152 cm³/mol. The van der Waals surface area contributed by atoms with E-state index in [9.17, 15) is 18.4 Å². The third-order valence-electron chi connectivity index (χ3n) is 7.80. The first-order valence-electron chi connectivity index (χ1n) is 13.8. The molecule has 0 aliphatic carbocycles. The average molecular weight is 563 g/mol. The lowest BCUT2D eigenvalue weighted by atomic mass is 10.0. The molecule has 41 heavy (non-hydrogen) atoms. The summed E-state index contributed by atoms with van der Waals surface area (Å²) in [6.07, 6.45) is 1.74. The molecule has 2 aliphatic rings. The number of aromatic amines is 2. The summed E-state index contributed by atoms with van der Waals surface area (Å²) in [7, 11) is 0. The van der Waals surface area contributed by atoms with E-state index in [-0.39, 0.29) is 35.1 Å². The maximum absolute atomic E-state index is 14.6. The minimum atomic E-state index is -0.490. The van der Waals surface area contributed by atoms with Crippen molar-refractivity contribution in [3.63, 3.8) is 0 Å². The Kier molecular flexibility index (Phi) is 7.31. The van der Waals surface area contributed by atoms with Crippen LogP contribution >= 0.6 is 0 Å². The number of amides is 1. The average Bonchev–Trinajstić information content (AvgIpc) is 3.49. The number of aryl methyl sites for hydroxylation is 1. The molecule has 214 valence electrons. The second-order valence-corrected chi connectivity index (χ2v) is 10.8. The van der Waals surface area contributed by atoms with E-state index in [0.717, 1.165) is 43.9 Å². The highest BCUT2D eigenvalue weighted by atomic mass is 19.1. The zero-order valence-corrected chi connectivity index (χ0v) is 23.0. The summed E-state index contributed by atoms with van der Waals surface area (Å²) < 4.78 is 33.9. The molecule has 0 bridgehead atoms. The van der Waals surface area contributed by atoms with Crippen molar-refractivity contribution < 1.29 is 18.3 Å². The van der Waals surface area contributed by atoms with Gasteiger partial charge in [0.1, 0.15) is 23.0 Å². The van der Waals surface area contributed by atoms with Gasteiger partial charge in [0.15, 0.2) is 0 Å². The highest BCUT2D eigenvalue weighted by molar-refractivity contribution is 6.02. The number of rotatable bonds is 8. The summed E-state index contributed by atoms with van der Waals surface area (Å²) in [5.41, 5.74) is 3.80. The molecule has 9 nitrogen and oxygen atoms in total. The lowest BCUT2D eigenvalue weighted by molar-refractivity contribution is 0.0327. The third-order valence-corrected chi connectivity index (χ3v) is 7.80. The van der Waals surface area contributed by atoms with Crippen molar-refractivity contribution in [1.82, 2.24) is 24.8 Å². The zero-order valence-electron chi connectivity index (χ0n) is 23.0. The Morgan fingerprint density at radius 2 is 1.93 bits per heavy atom. The van der Waals surface area contributed by atoms with Crippen LogP contribution in [0.2, 0.25) is 0 Å². The van der Waals surface area contributed by atoms with Crippen LogP contribution in [-0.4, -0.2) is 76.1 Å². The number of imidazole rings is 1. The first-order chi connectivity index (χ1) is 19.8. The molecular weight excluding hydrogens is 530 g/mol. The Balaban J connectivity index is 1.22. The van der Waals surface area contributed by atoms with Crippen molar-refractivity contribution in [2.24, 2.45) is 0 Å². The van der Waals surface area contributed by atoms with Crippen LogP contribution in [0.5, 0.6) is 0 Å². The van der Waals surface area contributed by atoms with Crippen LogP contribution in [0.25, 0.3) is 22.4 Å². The number of carbonyl (C=O) groups excluding carboxylic acids is 1. The van der Waals surface area contributed by atoms with Gasteiger partial charge in [-0.05, 0) is 67.3 Å². The molecule has 1 fully saturated rings. The summed E-state index contributed by atoms with van der Waals surface area (Å²) in [5, 5.41) is 3.27. The van der Waals surface area contributed by atoms with Gasteiger partial charge >= 0.3 is 0 Å². The number of nitrogens with zero attached hydrogens (tertiary/aromatic N) is 3. The molecule has 4 heterocycles. The van der Waals surface area contributed by atoms with Gasteiger partial charge in [0.2, 0.25) is 0 Å². The van der Waals surface area contributed by atoms with Crippen LogP contribution < -0.4 is 10.9 Å². The first-order valence-corrected chi connectivity index (χ1v) is 13.8. The number of ether oxygens (including phenoxy) is 1. The normalized spacial score (nSPS) is 16.4. The molecule has 6 rings (SSSR count). The van der Waals surface area contributed by atoms with E-state index in [2.05, 4.69) is 25.2 Å². The molecular formula is C30H32F2N6O3. The lowest BCUT2D eigenvalue weighted by Crippen LogP contribution is -2.41. The van der Waals surface area contributed by atoms with Gasteiger partial charge in [0.25, 0.3) is 11.5 Å². The Morgan fingerprint density at radius 1 is 1.12 bits per heavy atom. The Labute approximate surface area is 235 Å². The fourth-order valence-corrected chi connectivity index (χ4v) is 5.69. The van der Waals surface area contributed by atoms with Crippen LogP contribution in [0, 0.1) is 18.6 Å². The molecule has 1 saturated heterocycles. The second kappa shape index (κ2) is 11.1. The lowest BCUT2D eigenvalue weighted by Gasteiger charge is -2.28. The van der Waals surface area contributed by atoms with Crippen molar-refractivity contribution in [2.75, 3.05) is 44.7 Å². The number of H-pyrrole nitrogens is 2. The number of anilines is 1. The molecule has 3 N–H and O–H groups in total. The van der Waals surface area contributed by atoms with Crippen molar-refractivity contribution >= 4 is 22.6 Å². The number of pyridine rings is 1. The summed E-state index contributed by atoms with van der Waals surface area (Å²) in [6.45, 7) is 8.53. The maximum atomic E-state index is 14.6. The highest BCUT2D eigenvalue weighted by Gasteiger charge is 2.29. The molecule has 1 amide bonds. The number of halogens is 2. The largest absolute Gasteiger partial charge is 0.381 e. The minimum absolute atomic E-state index is 0.0201. The first kappa shape index (κ1) is 27.1. The maximum Gasteiger partial charge on any atom is 0.261 e. The molecule has 2 aromatic heterocycles. The van der Waals surface area contributed by atoms with E-state index in [4.69, 9.17) is 4.74 Å². The molecule has 2 aromatic carbocycles. The van der Waals surface area contributed by atoms with Crippen molar-refractivity contribution in [1.29, 1.82) is 0 Å². The molecule has 11 heteroatoms. The molecule has 2 aliphatic heterocycles. The SMILES string of the molecule is Cc1cc(F)cc(C[C@H](C)Nc2cc[nH]c(=O)c2-c2nc3cc4c(cc3[nH]2)CN(CCN2CCOCC2)C4=O)c1F. The van der Waals surface area contributed by atoms with E-state index >= 15 is 0 Å². The summed E-state index contributed by atoms with van der Waals surface area (Å²) in [4.78, 5) is 40.9. The smallest absolute Gasteiger partial charge is 0.261 e. The second-order valence-electron chi connectivity index (χ2n) is 10.8. The van der Waals surface area contributed by atoms with E-state index in [0.29, 0.717) is 41.2 Å². The minimum Gasteiger partial charge on any atom is -0.381 e. The number of hydrogen-bond donors (Lipinski definition) is 3. The highest BCUT2D eigenvalue weighted by Crippen LogP contribution is 2.30. The molecule has 1 atom stereocenters. The fraction of sp³-hybridized carbons (Fsp3) is 0.367. The van der Waals surface area contributed by atoms with Crippen molar-refractivity contribution in [2.45, 2.75) is 32.9 Å². The van der Waals surface area contributed by atoms with Gasteiger partial charge in [-0.2, -0.15) is 0 Å². The van der Waals surface area contributed by atoms with Crippen molar-refractivity contribution in [3.05, 3.63) is 80.8 Å². The molecule has 0 spiro atoms. The van der Waals surface area contributed by atoms with Gasteiger partial charge in [-0.25, -0.2) is 13.8 Å². The molecule has 0 radical (unpaired) electrons. The van der Waals surface area contributed by atoms with Crippen LogP contribution in [0.1, 0.15) is 34.0 Å². The monoisotopic (exact) mass is 562 g/mol. The summed E-state index contributed by atoms with van der Waals surface area (Å²) in [5.74, 6) is -0.598.